The lowest BCUT2D eigenvalue weighted by Gasteiger charge is -2.13. The lowest BCUT2D eigenvalue weighted by atomic mass is 10.1. The van der Waals surface area contributed by atoms with Crippen molar-refractivity contribution in [1.82, 2.24) is 10.2 Å². The zero-order valence-electron chi connectivity index (χ0n) is 11.3. The molecule has 1 unspecified atom stereocenters. The van der Waals surface area contributed by atoms with Gasteiger partial charge in [0.25, 0.3) is 5.56 Å². The molecule has 2 heterocycles. The fourth-order valence-electron chi connectivity index (χ4n) is 2.11. The van der Waals surface area contributed by atoms with Crippen LogP contribution in [0.5, 0.6) is 0 Å². The normalized spacial score (nSPS) is 12.3. The summed E-state index contributed by atoms with van der Waals surface area (Å²) in [4.78, 5) is 12.4. The van der Waals surface area contributed by atoms with Gasteiger partial charge in [0.1, 0.15) is 0 Å². The molecule has 0 saturated heterocycles. The molecular formula is C15H14BrN3OS. The van der Waals surface area contributed by atoms with E-state index < -0.39 is 0 Å². The Morgan fingerprint density at radius 3 is 2.52 bits per heavy atom. The first kappa shape index (κ1) is 14.2. The Hall–Kier alpha value is -1.79. The number of aromatic nitrogens is 2. The van der Waals surface area contributed by atoms with Gasteiger partial charge in [0.2, 0.25) is 0 Å². The average molecular weight is 364 g/mol. The smallest absolute Gasteiger partial charge is 0.264 e. The van der Waals surface area contributed by atoms with Crippen LogP contribution in [0.1, 0.15) is 17.8 Å². The monoisotopic (exact) mass is 363 g/mol. The van der Waals surface area contributed by atoms with Crippen LogP contribution in [0.15, 0.2) is 51.0 Å². The van der Waals surface area contributed by atoms with Gasteiger partial charge in [-0.15, -0.1) is 11.3 Å². The molecule has 3 rings (SSSR count). The van der Waals surface area contributed by atoms with Crippen LogP contribution in [-0.2, 0) is 0 Å². The van der Waals surface area contributed by atoms with Crippen LogP contribution in [-0.4, -0.2) is 10.2 Å². The Morgan fingerprint density at radius 1 is 1.19 bits per heavy atom. The zero-order chi connectivity index (χ0) is 14.8. The number of halogens is 1. The molecule has 3 aromatic rings. The topological polar surface area (TPSA) is 60.7 Å². The molecule has 0 aliphatic heterocycles. The first-order valence-electron chi connectivity index (χ1n) is 6.50. The van der Waals surface area contributed by atoms with Gasteiger partial charge in [-0.1, -0.05) is 12.1 Å². The highest BCUT2D eigenvalue weighted by Crippen LogP contribution is 2.28. The number of rotatable bonds is 4. The highest BCUT2D eigenvalue weighted by molar-refractivity contribution is 9.10. The number of hydrogen-bond acceptors (Lipinski definition) is 3. The predicted octanol–water partition coefficient (Wildman–Crippen LogP) is 4.37. The highest BCUT2D eigenvalue weighted by Gasteiger charge is 2.08. The molecule has 0 aliphatic rings. The summed E-state index contributed by atoms with van der Waals surface area (Å²) in [5.74, 6) is 0. The predicted molar refractivity (Wildman–Crippen MR) is 90.9 cm³/mol. The van der Waals surface area contributed by atoms with E-state index in [9.17, 15) is 4.79 Å². The Morgan fingerprint density at radius 2 is 1.95 bits per heavy atom. The minimum atomic E-state index is -0.121. The molecule has 1 aromatic carbocycles. The van der Waals surface area contributed by atoms with Crippen LogP contribution in [0.25, 0.3) is 11.3 Å². The van der Waals surface area contributed by atoms with Crippen LogP contribution in [0.4, 0.5) is 5.69 Å². The molecule has 4 nitrogen and oxygen atoms in total. The van der Waals surface area contributed by atoms with E-state index in [0.29, 0.717) is 0 Å². The van der Waals surface area contributed by atoms with Crippen LogP contribution in [0, 0.1) is 0 Å². The number of hydrogen-bond donors (Lipinski definition) is 3. The van der Waals surface area contributed by atoms with Crippen LogP contribution in [0.3, 0.4) is 0 Å². The van der Waals surface area contributed by atoms with Crippen molar-refractivity contribution in [2.75, 3.05) is 5.32 Å². The Bertz CT molecular complexity index is 788. The maximum absolute atomic E-state index is 11.1. The Kier molecular flexibility index (Phi) is 3.98. The van der Waals surface area contributed by atoms with Crippen molar-refractivity contribution in [3.63, 3.8) is 0 Å². The van der Waals surface area contributed by atoms with Gasteiger partial charge in [-0.05, 0) is 46.6 Å². The molecule has 6 heteroatoms. The maximum Gasteiger partial charge on any atom is 0.264 e. The summed E-state index contributed by atoms with van der Waals surface area (Å²) in [6.45, 7) is 2.13. The van der Waals surface area contributed by atoms with Gasteiger partial charge in [0, 0.05) is 26.5 Å². The van der Waals surface area contributed by atoms with Crippen molar-refractivity contribution in [3.8, 4) is 11.3 Å². The summed E-state index contributed by atoms with van der Waals surface area (Å²) in [6.07, 6.45) is 0. The Labute approximate surface area is 134 Å². The van der Waals surface area contributed by atoms with Crippen molar-refractivity contribution in [1.29, 1.82) is 0 Å². The number of benzene rings is 1. The van der Waals surface area contributed by atoms with E-state index in [4.69, 9.17) is 0 Å². The lowest BCUT2D eigenvalue weighted by Crippen LogP contribution is -2.04. The summed E-state index contributed by atoms with van der Waals surface area (Å²) in [5, 5.41) is 10.9. The van der Waals surface area contributed by atoms with E-state index in [2.05, 4.69) is 49.8 Å². The summed E-state index contributed by atoms with van der Waals surface area (Å²) in [6, 6.07) is 11.9. The second kappa shape index (κ2) is 5.91. The minimum Gasteiger partial charge on any atom is -0.378 e. The number of nitrogens with one attached hydrogen (secondary N) is 3. The quantitative estimate of drug-likeness (QED) is 0.644. The first-order chi connectivity index (χ1) is 10.1. The molecule has 0 saturated carbocycles. The molecule has 1 atom stereocenters. The van der Waals surface area contributed by atoms with E-state index in [1.807, 2.05) is 24.3 Å². The van der Waals surface area contributed by atoms with Crippen LogP contribution in [0.2, 0.25) is 0 Å². The molecule has 0 bridgehead atoms. The first-order valence-corrected chi connectivity index (χ1v) is 8.18. The largest absolute Gasteiger partial charge is 0.378 e. The summed E-state index contributed by atoms with van der Waals surface area (Å²) in [7, 11) is 0. The van der Waals surface area contributed by atoms with Crippen molar-refractivity contribution in [2.24, 2.45) is 0 Å². The number of thiophene rings is 1. The van der Waals surface area contributed by atoms with Gasteiger partial charge in [-0.25, -0.2) is 0 Å². The third-order valence-corrected chi connectivity index (χ3v) is 5.07. The summed E-state index contributed by atoms with van der Waals surface area (Å²) < 4.78 is 1.11. The minimum absolute atomic E-state index is 0.121. The summed E-state index contributed by atoms with van der Waals surface area (Å²) in [5.41, 5.74) is 2.70. The Balaban J connectivity index is 1.74. The van der Waals surface area contributed by atoms with Crippen molar-refractivity contribution >= 4 is 33.0 Å². The molecule has 108 valence electrons. The van der Waals surface area contributed by atoms with E-state index >= 15 is 0 Å². The fraction of sp³-hybridized carbons (Fsp3) is 0.133. The lowest BCUT2D eigenvalue weighted by molar-refractivity contribution is 0.908. The molecule has 0 amide bonds. The molecular weight excluding hydrogens is 350 g/mol. The third-order valence-electron chi connectivity index (χ3n) is 3.19. The van der Waals surface area contributed by atoms with Crippen molar-refractivity contribution < 1.29 is 0 Å². The molecule has 0 spiro atoms. The molecule has 0 radical (unpaired) electrons. The van der Waals surface area contributed by atoms with Gasteiger partial charge < -0.3 is 5.32 Å². The SMILES string of the molecule is CC(Nc1ccc(-c2cc(=O)[nH][nH]2)cc1)c1cc(Br)cs1. The molecule has 2 aromatic heterocycles. The number of anilines is 1. The van der Waals surface area contributed by atoms with Crippen molar-refractivity contribution in [3.05, 3.63) is 61.5 Å². The van der Waals surface area contributed by atoms with E-state index in [1.165, 1.54) is 4.88 Å². The van der Waals surface area contributed by atoms with Gasteiger partial charge in [-0.3, -0.25) is 15.0 Å². The van der Waals surface area contributed by atoms with E-state index in [1.54, 1.807) is 17.4 Å². The molecule has 3 N–H and O–H groups in total. The average Bonchev–Trinajstić information content (AvgIpc) is 3.08. The van der Waals surface area contributed by atoms with Gasteiger partial charge in [0.15, 0.2) is 0 Å². The van der Waals surface area contributed by atoms with Gasteiger partial charge in [-0.2, -0.15) is 0 Å². The molecule has 0 fully saturated rings. The number of aromatic amines is 2. The number of H-pyrrole nitrogens is 2. The fourth-order valence-corrected chi connectivity index (χ4v) is 3.56. The third kappa shape index (κ3) is 3.28. The van der Waals surface area contributed by atoms with Gasteiger partial charge >= 0.3 is 0 Å². The van der Waals surface area contributed by atoms with Crippen LogP contribution < -0.4 is 10.9 Å². The maximum atomic E-state index is 11.1. The molecule has 21 heavy (non-hydrogen) atoms. The second-order valence-electron chi connectivity index (χ2n) is 4.78. The van der Waals surface area contributed by atoms with E-state index in [0.717, 1.165) is 21.4 Å². The zero-order valence-corrected chi connectivity index (χ0v) is 13.7. The highest BCUT2D eigenvalue weighted by atomic mass is 79.9. The van der Waals surface area contributed by atoms with E-state index in [-0.39, 0.29) is 11.6 Å². The molecule has 0 aliphatic carbocycles. The van der Waals surface area contributed by atoms with Crippen LogP contribution >= 0.6 is 27.3 Å². The summed E-state index contributed by atoms with van der Waals surface area (Å²) >= 11 is 5.20. The second-order valence-corrected chi connectivity index (χ2v) is 6.64. The van der Waals surface area contributed by atoms with Gasteiger partial charge in [0.05, 0.1) is 11.7 Å². The standard InChI is InChI=1S/C15H14BrN3OS/c1-9(14-6-11(16)8-21-14)17-12-4-2-10(3-5-12)13-7-15(20)19-18-13/h2-9,17H,1H3,(H2,18,19,20). The van der Waals surface area contributed by atoms with Crippen molar-refractivity contribution in [2.45, 2.75) is 13.0 Å².